The zero-order valence-electron chi connectivity index (χ0n) is 24.5. The fourth-order valence-corrected chi connectivity index (χ4v) is 12.9. The number of hydrogen-bond acceptors (Lipinski definition) is 5. The molecule has 2 aliphatic heterocycles. The van der Waals surface area contributed by atoms with Crippen molar-refractivity contribution < 1.29 is 24.4 Å². The van der Waals surface area contributed by atoms with Crippen LogP contribution < -0.4 is 0 Å². The summed E-state index contributed by atoms with van der Waals surface area (Å²) in [6.45, 7) is 18.3. The first-order valence-corrected chi connectivity index (χ1v) is 15.5. The Balaban J connectivity index is 1.23. The molecule has 2 spiro atoms. The Labute approximate surface area is 224 Å². The number of fused-ring (bicyclic) bond motifs is 4. The van der Waals surface area contributed by atoms with Crippen LogP contribution in [0.2, 0.25) is 0 Å². The van der Waals surface area contributed by atoms with E-state index < -0.39 is 6.10 Å². The summed E-state index contributed by atoms with van der Waals surface area (Å²) in [5.41, 5.74) is 0.262. The molecule has 0 aromatic carbocycles. The molecule has 2 heterocycles. The lowest BCUT2D eigenvalue weighted by Crippen LogP contribution is -2.59. The molecule has 0 aromatic rings. The zero-order valence-corrected chi connectivity index (χ0v) is 24.5. The minimum Gasteiger partial charge on any atom is -0.393 e. The van der Waals surface area contributed by atoms with E-state index >= 15 is 0 Å². The molecule has 0 amide bonds. The van der Waals surface area contributed by atoms with Crippen LogP contribution in [0.5, 0.6) is 0 Å². The predicted molar refractivity (Wildman–Crippen MR) is 142 cm³/mol. The Bertz CT molecular complexity index is 978. The van der Waals surface area contributed by atoms with E-state index in [1.54, 1.807) is 0 Å². The highest BCUT2D eigenvalue weighted by Crippen LogP contribution is 2.89. The highest BCUT2D eigenvalue weighted by Gasteiger charge is 2.84. The van der Waals surface area contributed by atoms with Crippen LogP contribution >= 0.6 is 0 Å². The van der Waals surface area contributed by atoms with Crippen molar-refractivity contribution in [1.82, 2.24) is 0 Å². The van der Waals surface area contributed by atoms with Crippen molar-refractivity contribution in [1.29, 1.82) is 0 Å². The fraction of sp³-hybridized carbons (Fsp3) is 1.00. The third kappa shape index (κ3) is 2.80. The molecule has 5 heteroatoms. The van der Waals surface area contributed by atoms with Crippen LogP contribution in [-0.4, -0.2) is 52.6 Å². The van der Waals surface area contributed by atoms with E-state index in [0.717, 1.165) is 12.8 Å². The van der Waals surface area contributed by atoms with E-state index in [1.807, 2.05) is 6.92 Å². The van der Waals surface area contributed by atoms with Gasteiger partial charge in [-0.05, 0) is 117 Å². The normalized spacial score (nSPS) is 63.1. The molecule has 5 aliphatic carbocycles. The van der Waals surface area contributed by atoms with Crippen molar-refractivity contribution in [3.05, 3.63) is 0 Å². The lowest BCUT2D eigenvalue weighted by molar-refractivity contribution is -0.186. The van der Waals surface area contributed by atoms with Crippen LogP contribution in [0.15, 0.2) is 0 Å². The van der Waals surface area contributed by atoms with E-state index in [-0.39, 0.29) is 52.6 Å². The molecule has 0 aromatic heterocycles. The Kier molecular flexibility index (Phi) is 5.11. The average molecular weight is 517 g/mol. The van der Waals surface area contributed by atoms with Gasteiger partial charge < -0.3 is 24.4 Å². The van der Waals surface area contributed by atoms with Gasteiger partial charge in [0.1, 0.15) is 6.10 Å². The Morgan fingerprint density at radius 3 is 2.14 bits per heavy atom. The Morgan fingerprint density at radius 2 is 1.46 bits per heavy atom. The van der Waals surface area contributed by atoms with Gasteiger partial charge in [0.2, 0.25) is 0 Å². The molecule has 37 heavy (non-hydrogen) atoms. The van der Waals surface area contributed by atoms with Gasteiger partial charge in [-0.1, -0.05) is 34.6 Å². The SMILES string of the molecule is CC1O[C@@H]([C@H]2C[C@@H](C)C3C(O2)[C@H](O)[C@@]2(C)[C@@H]4CC[C@H]5C(C)(C)[C@@H](O)CC[C@@]56C[C@@]46CC[C@]32C)C(C)(C)O1. The van der Waals surface area contributed by atoms with Crippen LogP contribution in [0.1, 0.15) is 107 Å². The van der Waals surface area contributed by atoms with Crippen molar-refractivity contribution in [3.63, 3.8) is 0 Å². The summed E-state index contributed by atoms with van der Waals surface area (Å²) in [7, 11) is 0. The van der Waals surface area contributed by atoms with Gasteiger partial charge in [-0.3, -0.25) is 0 Å². The quantitative estimate of drug-likeness (QED) is 0.468. The molecule has 2 saturated heterocycles. The molecule has 210 valence electrons. The van der Waals surface area contributed by atoms with Crippen molar-refractivity contribution in [3.8, 4) is 0 Å². The van der Waals surface area contributed by atoms with Crippen LogP contribution in [0.25, 0.3) is 0 Å². The summed E-state index contributed by atoms with van der Waals surface area (Å²) in [5, 5.41) is 23.3. The maximum absolute atomic E-state index is 12.4. The second kappa shape index (κ2) is 7.35. The number of aliphatic hydroxyl groups is 2. The standard InChI is InChI=1S/C32H52O5/c1-17-15-19(26-28(5,6)37-18(2)35-26)36-24-23(17)29(7)13-14-32-16-31(32)12-11-22(33)27(3,4)20(31)9-10-21(32)30(29,8)25(24)34/h17-26,33-34H,9-16H2,1-8H3/t17-,18?,19-,20+,21+,22+,23?,24?,25+,26+,29-,30-,31-,32+/m1/s1. The third-order valence-corrected chi connectivity index (χ3v) is 14.6. The highest BCUT2D eigenvalue weighted by molar-refractivity contribution is 5.32. The van der Waals surface area contributed by atoms with Crippen molar-refractivity contribution in [2.24, 2.45) is 50.7 Å². The van der Waals surface area contributed by atoms with E-state index in [0.29, 0.717) is 34.5 Å². The van der Waals surface area contributed by atoms with Gasteiger partial charge in [0.05, 0.1) is 30.0 Å². The molecule has 3 unspecified atom stereocenters. The summed E-state index contributed by atoms with van der Waals surface area (Å²) < 4.78 is 19.3. The van der Waals surface area contributed by atoms with Gasteiger partial charge in [0, 0.05) is 5.41 Å². The first kappa shape index (κ1) is 25.7. The molecule has 7 fully saturated rings. The minimum absolute atomic E-state index is 0.00516. The van der Waals surface area contributed by atoms with Gasteiger partial charge in [-0.25, -0.2) is 0 Å². The average Bonchev–Trinajstić information content (AvgIpc) is 3.34. The molecule has 7 rings (SSSR count). The van der Waals surface area contributed by atoms with Crippen LogP contribution in [0.3, 0.4) is 0 Å². The summed E-state index contributed by atoms with van der Waals surface area (Å²) in [5.74, 6) is 2.00. The highest BCUT2D eigenvalue weighted by atomic mass is 16.7. The lowest BCUT2D eigenvalue weighted by Gasteiger charge is -2.63. The number of aliphatic hydroxyl groups excluding tert-OH is 2. The molecule has 14 atom stereocenters. The minimum atomic E-state index is -0.450. The summed E-state index contributed by atoms with van der Waals surface area (Å²) in [6, 6.07) is 0. The van der Waals surface area contributed by atoms with Gasteiger partial charge in [-0.15, -0.1) is 0 Å². The first-order chi connectivity index (χ1) is 17.2. The molecule has 0 radical (unpaired) electrons. The number of ether oxygens (including phenoxy) is 3. The second-order valence-corrected chi connectivity index (χ2v) is 16.4. The van der Waals surface area contributed by atoms with E-state index in [1.165, 1.54) is 38.5 Å². The van der Waals surface area contributed by atoms with Crippen molar-refractivity contribution in [2.75, 3.05) is 0 Å². The molecule has 7 aliphatic rings. The summed E-state index contributed by atoms with van der Waals surface area (Å²) >= 11 is 0. The molecule has 0 bridgehead atoms. The number of hydrogen-bond donors (Lipinski definition) is 2. The van der Waals surface area contributed by atoms with E-state index in [4.69, 9.17) is 14.2 Å². The Hall–Kier alpha value is -0.200. The van der Waals surface area contributed by atoms with Gasteiger partial charge in [0.15, 0.2) is 6.29 Å². The van der Waals surface area contributed by atoms with Crippen LogP contribution in [-0.2, 0) is 14.2 Å². The molecular formula is C32H52O5. The first-order valence-electron chi connectivity index (χ1n) is 15.5. The molecule has 5 nitrogen and oxygen atoms in total. The predicted octanol–water partition coefficient (Wildman–Crippen LogP) is 5.70. The molecule has 5 saturated carbocycles. The maximum Gasteiger partial charge on any atom is 0.156 e. The fourth-order valence-electron chi connectivity index (χ4n) is 12.9. The number of rotatable bonds is 1. The monoisotopic (exact) mass is 516 g/mol. The zero-order chi connectivity index (χ0) is 26.6. The summed E-state index contributed by atoms with van der Waals surface area (Å²) in [6.07, 6.45) is 8.15. The van der Waals surface area contributed by atoms with Crippen molar-refractivity contribution in [2.45, 2.75) is 149 Å². The van der Waals surface area contributed by atoms with Crippen LogP contribution in [0, 0.1) is 50.7 Å². The van der Waals surface area contributed by atoms with Crippen molar-refractivity contribution >= 4 is 0 Å². The van der Waals surface area contributed by atoms with E-state index in [2.05, 4.69) is 48.5 Å². The Morgan fingerprint density at radius 1 is 0.784 bits per heavy atom. The smallest absolute Gasteiger partial charge is 0.156 e. The van der Waals surface area contributed by atoms with Gasteiger partial charge in [-0.2, -0.15) is 0 Å². The molecule has 2 N–H and O–H groups in total. The van der Waals surface area contributed by atoms with Gasteiger partial charge >= 0.3 is 0 Å². The third-order valence-electron chi connectivity index (χ3n) is 14.6. The van der Waals surface area contributed by atoms with Crippen LogP contribution in [0.4, 0.5) is 0 Å². The topological polar surface area (TPSA) is 68.2 Å². The largest absolute Gasteiger partial charge is 0.393 e. The second-order valence-electron chi connectivity index (χ2n) is 16.4. The maximum atomic E-state index is 12.4. The van der Waals surface area contributed by atoms with E-state index in [9.17, 15) is 10.2 Å². The molecular weight excluding hydrogens is 464 g/mol. The van der Waals surface area contributed by atoms with Gasteiger partial charge in [0.25, 0.3) is 0 Å². The lowest BCUT2D eigenvalue weighted by atomic mass is 9.41. The summed E-state index contributed by atoms with van der Waals surface area (Å²) in [4.78, 5) is 0.